The lowest BCUT2D eigenvalue weighted by Gasteiger charge is -2.27. The first kappa shape index (κ1) is 15.2. The highest BCUT2D eigenvalue weighted by Gasteiger charge is 2.11. The average molecular weight is 248 g/mol. The predicted octanol–water partition coefficient (Wildman–Crippen LogP) is 3.07. The predicted molar refractivity (Wildman–Crippen MR) is 79.9 cm³/mol. The van der Waals surface area contributed by atoms with E-state index < -0.39 is 0 Å². The molecular formula is C16H28N2. The Kier molecular flexibility index (Phi) is 6.99. The Hall–Kier alpha value is -0.860. The van der Waals surface area contributed by atoms with Crippen LogP contribution in [0.5, 0.6) is 0 Å². The average Bonchev–Trinajstić information content (AvgIpc) is 2.37. The molecule has 0 aromatic heterocycles. The Labute approximate surface area is 112 Å². The number of benzene rings is 1. The van der Waals surface area contributed by atoms with Crippen LogP contribution < -0.4 is 5.32 Å². The van der Waals surface area contributed by atoms with Crippen molar-refractivity contribution in [2.75, 3.05) is 20.1 Å². The molecule has 1 aromatic carbocycles. The van der Waals surface area contributed by atoms with Gasteiger partial charge in [-0.25, -0.2) is 0 Å². The Morgan fingerprint density at radius 2 is 1.83 bits per heavy atom. The van der Waals surface area contributed by atoms with Gasteiger partial charge in [0.25, 0.3) is 0 Å². The highest BCUT2D eigenvalue weighted by Crippen LogP contribution is 2.14. The molecule has 0 aliphatic heterocycles. The molecule has 0 heterocycles. The number of rotatable bonds is 8. The van der Waals surface area contributed by atoms with Crippen LogP contribution in [0.3, 0.4) is 0 Å². The van der Waals surface area contributed by atoms with Gasteiger partial charge in [-0.2, -0.15) is 0 Å². The molecule has 2 heteroatoms. The van der Waals surface area contributed by atoms with Gasteiger partial charge in [0.2, 0.25) is 0 Å². The van der Waals surface area contributed by atoms with Gasteiger partial charge in [-0.1, -0.05) is 31.2 Å². The van der Waals surface area contributed by atoms with Gasteiger partial charge in [-0.3, -0.25) is 4.90 Å². The van der Waals surface area contributed by atoms with Crippen LogP contribution in [0.4, 0.5) is 0 Å². The Morgan fingerprint density at radius 1 is 1.17 bits per heavy atom. The second-order valence-electron chi connectivity index (χ2n) is 5.19. The smallest absolute Gasteiger partial charge is 0.0239 e. The maximum absolute atomic E-state index is 3.23. The van der Waals surface area contributed by atoms with E-state index in [0.717, 1.165) is 19.5 Å². The first-order valence-electron chi connectivity index (χ1n) is 7.14. The van der Waals surface area contributed by atoms with E-state index >= 15 is 0 Å². The SMILES string of the molecule is CCCN(Cc1ccccc1CCNC)C(C)C. The van der Waals surface area contributed by atoms with Gasteiger partial charge in [0.15, 0.2) is 0 Å². The third-order valence-electron chi connectivity index (χ3n) is 3.38. The minimum Gasteiger partial charge on any atom is -0.319 e. The molecular weight excluding hydrogens is 220 g/mol. The summed E-state index contributed by atoms with van der Waals surface area (Å²) in [5.74, 6) is 0. The molecule has 0 bridgehead atoms. The number of nitrogens with zero attached hydrogens (tertiary/aromatic N) is 1. The molecule has 1 N–H and O–H groups in total. The molecule has 0 aliphatic rings. The van der Waals surface area contributed by atoms with Crippen LogP contribution in [0.1, 0.15) is 38.3 Å². The number of hydrogen-bond donors (Lipinski definition) is 1. The third kappa shape index (κ3) is 4.79. The third-order valence-corrected chi connectivity index (χ3v) is 3.38. The number of likely N-dealkylation sites (N-methyl/N-ethyl adjacent to an activating group) is 1. The van der Waals surface area contributed by atoms with E-state index in [2.05, 4.69) is 55.3 Å². The second kappa shape index (κ2) is 8.28. The molecule has 0 saturated heterocycles. The summed E-state index contributed by atoms with van der Waals surface area (Å²) in [5, 5.41) is 3.23. The van der Waals surface area contributed by atoms with Crippen LogP contribution in [-0.4, -0.2) is 31.1 Å². The molecule has 1 rings (SSSR count). The molecule has 0 spiro atoms. The highest BCUT2D eigenvalue weighted by atomic mass is 15.1. The van der Waals surface area contributed by atoms with Gasteiger partial charge < -0.3 is 5.32 Å². The Morgan fingerprint density at radius 3 is 2.39 bits per heavy atom. The van der Waals surface area contributed by atoms with Crippen molar-refractivity contribution in [3.05, 3.63) is 35.4 Å². The molecule has 18 heavy (non-hydrogen) atoms. The lowest BCUT2D eigenvalue weighted by atomic mass is 10.0. The zero-order valence-electron chi connectivity index (χ0n) is 12.4. The lowest BCUT2D eigenvalue weighted by Crippen LogP contribution is -2.31. The summed E-state index contributed by atoms with van der Waals surface area (Å²) in [7, 11) is 2.01. The van der Waals surface area contributed by atoms with Crippen LogP contribution in [0.25, 0.3) is 0 Å². The zero-order chi connectivity index (χ0) is 13.4. The summed E-state index contributed by atoms with van der Waals surface area (Å²) in [4.78, 5) is 2.55. The minimum absolute atomic E-state index is 0.613. The van der Waals surface area contributed by atoms with Crippen LogP contribution in [0, 0.1) is 0 Å². The van der Waals surface area contributed by atoms with Crippen molar-refractivity contribution < 1.29 is 0 Å². The highest BCUT2D eigenvalue weighted by molar-refractivity contribution is 5.27. The van der Waals surface area contributed by atoms with Crippen molar-refractivity contribution in [1.82, 2.24) is 10.2 Å². The monoisotopic (exact) mass is 248 g/mol. The summed E-state index contributed by atoms with van der Waals surface area (Å²) in [6.07, 6.45) is 2.33. The van der Waals surface area contributed by atoms with Crippen molar-refractivity contribution in [2.24, 2.45) is 0 Å². The summed E-state index contributed by atoms with van der Waals surface area (Å²) < 4.78 is 0. The lowest BCUT2D eigenvalue weighted by molar-refractivity contribution is 0.212. The van der Waals surface area contributed by atoms with Gasteiger partial charge >= 0.3 is 0 Å². The zero-order valence-corrected chi connectivity index (χ0v) is 12.4. The molecule has 0 atom stereocenters. The number of hydrogen-bond acceptors (Lipinski definition) is 2. The molecule has 0 aliphatic carbocycles. The van der Waals surface area contributed by atoms with Crippen LogP contribution in [-0.2, 0) is 13.0 Å². The van der Waals surface area contributed by atoms with Crippen molar-refractivity contribution in [1.29, 1.82) is 0 Å². The van der Waals surface area contributed by atoms with E-state index in [4.69, 9.17) is 0 Å². The molecule has 102 valence electrons. The van der Waals surface area contributed by atoms with Gasteiger partial charge in [0.05, 0.1) is 0 Å². The standard InChI is InChI=1S/C16H28N2/c1-5-12-18(14(2)3)13-16-9-7-6-8-15(16)10-11-17-4/h6-9,14,17H,5,10-13H2,1-4H3. The first-order chi connectivity index (χ1) is 8.69. The molecule has 0 fully saturated rings. The Balaban J connectivity index is 2.74. The van der Waals surface area contributed by atoms with Crippen LogP contribution >= 0.6 is 0 Å². The largest absolute Gasteiger partial charge is 0.319 e. The summed E-state index contributed by atoms with van der Waals surface area (Å²) in [6.45, 7) is 10.1. The summed E-state index contributed by atoms with van der Waals surface area (Å²) >= 11 is 0. The summed E-state index contributed by atoms with van der Waals surface area (Å²) in [6, 6.07) is 9.45. The molecule has 0 saturated carbocycles. The quantitative estimate of drug-likeness (QED) is 0.760. The van der Waals surface area contributed by atoms with Crippen molar-refractivity contribution in [3.63, 3.8) is 0 Å². The fourth-order valence-corrected chi connectivity index (χ4v) is 2.24. The fraction of sp³-hybridized carbons (Fsp3) is 0.625. The molecule has 2 nitrogen and oxygen atoms in total. The van der Waals surface area contributed by atoms with E-state index in [9.17, 15) is 0 Å². The first-order valence-corrected chi connectivity index (χ1v) is 7.14. The van der Waals surface area contributed by atoms with Crippen LogP contribution in [0.2, 0.25) is 0 Å². The van der Waals surface area contributed by atoms with Crippen molar-refractivity contribution in [2.45, 2.75) is 46.2 Å². The van der Waals surface area contributed by atoms with Gasteiger partial charge in [0.1, 0.15) is 0 Å². The number of nitrogens with one attached hydrogen (secondary N) is 1. The van der Waals surface area contributed by atoms with E-state index in [1.165, 1.54) is 24.1 Å². The molecule has 0 unspecified atom stereocenters. The molecule has 1 aromatic rings. The van der Waals surface area contributed by atoms with Crippen molar-refractivity contribution in [3.8, 4) is 0 Å². The molecule has 0 radical (unpaired) electrons. The minimum atomic E-state index is 0.613. The Bertz CT molecular complexity index is 334. The van der Waals surface area contributed by atoms with Crippen LogP contribution in [0.15, 0.2) is 24.3 Å². The fourth-order valence-electron chi connectivity index (χ4n) is 2.24. The van der Waals surface area contributed by atoms with Gasteiger partial charge in [-0.15, -0.1) is 0 Å². The van der Waals surface area contributed by atoms with E-state index in [1.807, 2.05) is 7.05 Å². The van der Waals surface area contributed by atoms with Gasteiger partial charge in [0, 0.05) is 12.6 Å². The maximum atomic E-state index is 3.23. The second-order valence-corrected chi connectivity index (χ2v) is 5.19. The normalized spacial score (nSPS) is 11.4. The van der Waals surface area contributed by atoms with E-state index in [-0.39, 0.29) is 0 Å². The van der Waals surface area contributed by atoms with Crippen molar-refractivity contribution >= 4 is 0 Å². The topological polar surface area (TPSA) is 15.3 Å². The maximum Gasteiger partial charge on any atom is 0.0239 e. The molecule has 0 amide bonds. The van der Waals surface area contributed by atoms with Gasteiger partial charge in [-0.05, 0) is 58.0 Å². The van der Waals surface area contributed by atoms with E-state index in [0.29, 0.717) is 6.04 Å². The summed E-state index contributed by atoms with van der Waals surface area (Å²) in [5.41, 5.74) is 2.96. The van der Waals surface area contributed by atoms with E-state index in [1.54, 1.807) is 0 Å².